The van der Waals surface area contributed by atoms with Gasteiger partial charge in [0, 0.05) is 21.8 Å². The standard InChI is InChI=1S/C22H22N2O5S/c1-22(2,3)24(21(26)27)11-12-5-7-16(29-12)18-15(28-4)8-6-14-17(18)13-9-10-30-19(13)20(25)23-14/h5-10H,11H2,1-4H3,(H,23,25)(H,26,27). The molecule has 3 aromatic heterocycles. The van der Waals surface area contributed by atoms with Gasteiger partial charge >= 0.3 is 6.09 Å². The number of rotatable bonds is 4. The van der Waals surface area contributed by atoms with Crippen molar-refractivity contribution in [2.75, 3.05) is 7.11 Å². The van der Waals surface area contributed by atoms with Crippen LogP contribution in [0.25, 0.3) is 32.3 Å². The number of pyridine rings is 1. The number of fused-ring (bicyclic) bond motifs is 3. The molecule has 2 N–H and O–H groups in total. The Hall–Kier alpha value is -3.26. The van der Waals surface area contributed by atoms with E-state index in [-0.39, 0.29) is 12.1 Å². The first-order chi connectivity index (χ1) is 14.2. The minimum Gasteiger partial charge on any atom is -0.496 e. The maximum atomic E-state index is 12.4. The van der Waals surface area contributed by atoms with E-state index in [9.17, 15) is 14.7 Å². The van der Waals surface area contributed by atoms with Gasteiger partial charge in [0.05, 0.1) is 19.2 Å². The van der Waals surface area contributed by atoms with Crippen LogP contribution in [-0.2, 0) is 6.54 Å². The Labute approximate surface area is 176 Å². The molecule has 7 nitrogen and oxygen atoms in total. The van der Waals surface area contributed by atoms with Crippen LogP contribution in [0.4, 0.5) is 4.79 Å². The van der Waals surface area contributed by atoms with Crippen molar-refractivity contribution in [2.24, 2.45) is 0 Å². The third-order valence-electron chi connectivity index (χ3n) is 5.04. The summed E-state index contributed by atoms with van der Waals surface area (Å²) in [5.74, 6) is 1.67. The van der Waals surface area contributed by atoms with E-state index in [1.54, 1.807) is 25.3 Å². The number of aromatic nitrogens is 1. The summed E-state index contributed by atoms with van der Waals surface area (Å²) in [7, 11) is 1.58. The molecule has 8 heteroatoms. The van der Waals surface area contributed by atoms with Gasteiger partial charge in [-0.1, -0.05) is 0 Å². The second-order valence-corrected chi connectivity index (χ2v) is 8.90. The number of hydrogen-bond donors (Lipinski definition) is 2. The lowest BCUT2D eigenvalue weighted by Gasteiger charge is -2.32. The molecule has 0 aliphatic rings. The molecule has 0 bridgehead atoms. The molecule has 0 unspecified atom stereocenters. The SMILES string of the molecule is COc1ccc2[nH]c(=O)c3sccc3c2c1-c1ccc(CN(C(=O)O)C(C)(C)C)o1. The molecule has 1 amide bonds. The molecule has 4 aromatic rings. The lowest BCUT2D eigenvalue weighted by molar-refractivity contribution is 0.0908. The average Bonchev–Trinajstić information content (AvgIpc) is 3.34. The second kappa shape index (κ2) is 7.21. The Morgan fingerprint density at radius 1 is 1.23 bits per heavy atom. The first-order valence-electron chi connectivity index (χ1n) is 9.40. The predicted octanol–water partition coefficient (Wildman–Crippen LogP) is 5.29. The Bertz CT molecular complexity index is 1310. The molecule has 0 radical (unpaired) electrons. The van der Waals surface area contributed by atoms with E-state index in [1.807, 2.05) is 38.3 Å². The minimum absolute atomic E-state index is 0.122. The normalized spacial score (nSPS) is 11.9. The van der Waals surface area contributed by atoms with E-state index < -0.39 is 11.6 Å². The van der Waals surface area contributed by atoms with Crippen LogP contribution in [0, 0.1) is 0 Å². The third kappa shape index (κ3) is 3.33. The van der Waals surface area contributed by atoms with E-state index in [4.69, 9.17) is 9.15 Å². The van der Waals surface area contributed by atoms with Crippen LogP contribution in [0.1, 0.15) is 26.5 Å². The van der Waals surface area contributed by atoms with E-state index in [1.165, 1.54) is 16.2 Å². The third-order valence-corrected chi connectivity index (χ3v) is 5.95. The average molecular weight is 426 g/mol. The highest BCUT2D eigenvalue weighted by Gasteiger charge is 2.27. The van der Waals surface area contributed by atoms with Crippen molar-refractivity contribution in [1.82, 2.24) is 9.88 Å². The molecular formula is C22H22N2O5S. The van der Waals surface area contributed by atoms with Gasteiger partial charge in [0.1, 0.15) is 22.0 Å². The van der Waals surface area contributed by atoms with Crippen molar-refractivity contribution in [2.45, 2.75) is 32.9 Å². The lowest BCUT2D eigenvalue weighted by Crippen LogP contribution is -2.44. The zero-order valence-corrected chi connectivity index (χ0v) is 17.9. The number of nitrogens with one attached hydrogen (secondary N) is 1. The smallest absolute Gasteiger partial charge is 0.408 e. The number of thiophene rings is 1. The summed E-state index contributed by atoms with van der Waals surface area (Å²) in [4.78, 5) is 28.3. The molecule has 156 valence electrons. The number of amides is 1. The van der Waals surface area contributed by atoms with Crippen molar-refractivity contribution >= 4 is 38.4 Å². The molecule has 3 heterocycles. The molecule has 4 rings (SSSR count). The lowest BCUT2D eigenvalue weighted by atomic mass is 10.0. The zero-order valence-electron chi connectivity index (χ0n) is 17.1. The Morgan fingerprint density at radius 3 is 2.67 bits per heavy atom. The summed E-state index contributed by atoms with van der Waals surface area (Å²) in [6.07, 6.45) is -1.01. The molecule has 0 saturated heterocycles. The second-order valence-electron chi connectivity index (χ2n) is 7.99. The molecule has 0 fully saturated rings. The van der Waals surface area contributed by atoms with Crippen LogP contribution in [-0.4, -0.2) is 33.7 Å². The highest BCUT2D eigenvalue weighted by Crippen LogP contribution is 2.41. The molecule has 1 aromatic carbocycles. The maximum Gasteiger partial charge on any atom is 0.408 e. The number of nitrogens with zero attached hydrogens (tertiary/aromatic N) is 1. The largest absolute Gasteiger partial charge is 0.496 e. The van der Waals surface area contributed by atoms with Gasteiger partial charge < -0.3 is 19.2 Å². The van der Waals surface area contributed by atoms with Gasteiger partial charge in [-0.05, 0) is 56.5 Å². The maximum absolute atomic E-state index is 12.4. The quantitative estimate of drug-likeness (QED) is 0.462. The molecule has 0 spiro atoms. The number of benzene rings is 1. The molecular weight excluding hydrogens is 404 g/mol. The number of carbonyl (C=O) groups is 1. The highest BCUT2D eigenvalue weighted by atomic mass is 32.1. The summed E-state index contributed by atoms with van der Waals surface area (Å²) >= 11 is 1.38. The molecule has 0 aliphatic carbocycles. The summed E-state index contributed by atoms with van der Waals surface area (Å²) in [6.45, 7) is 5.63. The number of furan rings is 1. The zero-order chi connectivity index (χ0) is 21.6. The van der Waals surface area contributed by atoms with Gasteiger partial charge in [0.15, 0.2) is 0 Å². The Balaban J connectivity index is 1.89. The van der Waals surface area contributed by atoms with Crippen molar-refractivity contribution in [3.63, 3.8) is 0 Å². The Kier molecular flexibility index (Phi) is 4.82. The number of carboxylic acid groups (broad SMARTS) is 1. The van der Waals surface area contributed by atoms with Crippen LogP contribution >= 0.6 is 11.3 Å². The number of hydrogen-bond acceptors (Lipinski definition) is 5. The first kappa shape index (κ1) is 20.0. The fraction of sp³-hybridized carbons (Fsp3) is 0.273. The van der Waals surface area contributed by atoms with Crippen molar-refractivity contribution < 1.29 is 19.1 Å². The van der Waals surface area contributed by atoms with Crippen molar-refractivity contribution in [3.8, 4) is 17.1 Å². The van der Waals surface area contributed by atoms with E-state index in [0.29, 0.717) is 27.5 Å². The van der Waals surface area contributed by atoms with Crippen LogP contribution < -0.4 is 10.3 Å². The van der Waals surface area contributed by atoms with Gasteiger partial charge in [-0.2, -0.15) is 0 Å². The van der Waals surface area contributed by atoms with Gasteiger partial charge in [-0.25, -0.2) is 4.79 Å². The minimum atomic E-state index is -1.01. The summed E-state index contributed by atoms with van der Waals surface area (Å²) in [5, 5.41) is 13.1. The van der Waals surface area contributed by atoms with Crippen LogP contribution in [0.5, 0.6) is 5.75 Å². The highest BCUT2D eigenvalue weighted by molar-refractivity contribution is 7.17. The number of aromatic amines is 1. The topological polar surface area (TPSA) is 95.8 Å². The van der Waals surface area contributed by atoms with Gasteiger partial charge in [0.25, 0.3) is 5.56 Å². The first-order valence-corrected chi connectivity index (χ1v) is 10.3. The monoisotopic (exact) mass is 426 g/mol. The molecule has 0 saturated carbocycles. The molecule has 0 aliphatic heterocycles. The van der Waals surface area contributed by atoms with Gasteiger partial charge in [0.2, 0.25) is 0 Å². The molecule has 30 heavy (non-hydrogen) atoms. The van der Waals surface area contributed by atoms with Gasteiger partial charge in [-0.3, -0.25) is 9.69 Å². The molecule has 0 atom stereocenters. The van der Waals surface area contributed by atoms with E-state index >= 15 is 0 Å². The van der Waals surface area contributed by atoms with Crippen LogP contribution in [0.15, 0.2) is 44.9 Å². The van der Waals surface area contributed by atoms with E-state index in [2.05, 4.69) is 4.98 Å². The number of H-pyrrole nitrogens is 1. The fourth-order valence-corrected chi connectivity index (χ4v) is 4.38. The van der Waals surface area contributed by atoms with E-state index in [0.717, 1.165) is 16.3 Å². The number of ether oxygens (including phenoxy) is 1. The van der Waals surface area contributed by atoms with Crippen LogP contribution in [0.2, 0.25) is 0 Å². The summed E-state index contributed by atoms with van der Waals surface area (Å²) < 4.78 is 12.3. The number of methoxy groups -OCH3 is 1. The Morgan fingerprint density at radius 2 is 2.00 bits per heavy atom. The summed E-state index contributed by atoms with van der Waals surface area (Å²) in [6, 6.07) is 9.08. The van der Waals surface area contributed by atoms with Crippen molar-refractivity contribution in [3.05, 3.63) is 51.8 Å². The van der Waals surface area contributed by atoms with Crippen molar-refractivity contribution in [1.29, 1.82) is 0 Å². The summed E-state index contributed by atoms with van der Waals surface area (Å²) in [5.41, 5.74) is 0.698. The predicted molar refractivity (Wildman–Crippen MR) is 118 cm³/mol. The van der Waals surface area contributed by atoms with Crippen LogP contribution in [0.3, 0.4) is 0 Å². The van der Waals surface area contributed by atoms with Gasteiger partial charge in [-0.15, -0.1) is 11.3 Å². The fourth-order valence-electron chi connectivity index (χ4n) is 3.59.